The molecule has 2 amide bonds. The van der Waals surface area contributed by atoms with Gasteiger partial charge in [0.2, 0.25) is 0 Å². The molecular formula is C20H24N2O4. The van der Waals surface area contributed by atoms with Crippen molar-refractivity contribution in [2.75, 3.05) is 13.1 Å². The number of nitrogens with one attached hydrogen (secondary N) is 1. The number of hydrogen-bond acceptors (Lipinski definition) is 4. The maximum atomic E-state index is 12.8. The standard InChI is InChI=1S/C20H24N2O4/c1-13-11-15(6-7-18(13)23)20(25)22-9-4-3-5-16(12-22)21-19(24)17-8-10-26-14(17)2/h6-8,10-11,16,23H,3-5,9,12H2,1-2H3,(H,21,24)/t16-/m0/s1. The lowest BCUT2D eigenvalue weighted by molar-refractivity contribution is 0.0736. The van der Waals surface area contributed by atoms with Gasteiger partial charge in [-0.1, -0.05) is 0 Å². The van der Waals surface area contributed by atoms with E-state index < -0.39 is 0 Å². The lowest BCUT2D eigenvalue weighted by Gasteiger charge is -2.25. The fourth-order valence-corrected chi connectivity index (χ4v) is 3.30. The van der Waals surface area contributed by atoms with Crippen LogP contribution in [0.3, 0.4) is 0 Å². The van der Waals surface area contributed by atoms with E-state index in [2.05, 4.69) is 5.32 Å². The molecule has 1 fully saturated rings. The molecule has 0 radical (unpaired) electrons. The first-order chi connectivity index (χ1) is 12.5. The van der Waals surface area contributed by atoms with Gasteiger partial charge in [-0.05, 0) is 62.9 Å². The van der Waals surface area contributed by atoms with Gasteiger partial charge in [0.1, 0.15) is 11.5 Å². The van der Waals surface area contributed by atoms with Crippen molar-refractivity contribution < 1.29 is 19.1 Å². The Kier molecular flexibility index (Phi) is 5.30. The number of carbonyl (C=O) groups excluding carboxylic acids is 2. The van der Waals surface area contributed by atoms with Crippen molar-refractivity contribution in [3.63, 3.8) is 0 Å². The molecule has 6 nitrogen and oxygen atoms in total. The molecule has 2 heterocycles. The minimum atomic E-state index is -0.170. The zero-order valence-electron chi connectivity index (χ0n) is 15.1. The predicted molar refractivity (Wildman–Crippen MR) is 97.3 cm³/mol. The van der Waals surface area contributed by atoms with Crippen LogP contribution >= 0.6 is 0 Å². The summed E-state index contributed by atoms with van der Waals surface area (Å²) in [6, 6.07) is 6.44. The average molecular weight is 356 g/mol. The van der Waals surface area contributed by atoms with Gasteiger partial charge in [0.15, 0.2) is 0 Å². The smallest absolute Gasteiger partial charge is 0.255 e. The van der Waals surface area contributed by atoms with Gasteiger partial charge in [0.05, 0.1) is 11.8 Å². The van der Waals surface area contributed by atoms with Gasteiger partial charge >= 0.3 is 0 Å². The van der Waals surface area contributed by atoms with Gasteiger partial charge in [-0.2, -0.15) is 0 Å². The van der Waals surface area contributed by atoms with E-state index in [-0.39, 0.29) is 23.6 Å². The van der Waals surface area contributed by atoms with Crippen molar-refractivity contribution in [3.05, 3.63) is 53.0 Å². The summed E-state index contributed by atoms with van der Waals surface area (Å²) in [7, 11) is 0. The van der Waals surface area contributed by atoms with Gasteiger partial charge in [-0.3, -0.25) is 9.59 Å². The van der Waals surface area contributed by atoms with Crippen LogP contribution in [-0.4, -0.2) is 41.0 Å². The number of rotatable bonds is 3. The lowest BCUT2D eigenvalue weighted by Crippen LogP contribution is -2.44. The summed E-state index contributed by atoms with van der Waals surface area (Å²) in [6.07, 6.45) is 4.19. The van der Waals surface area contributed by atoms with Crippen LogP contribution in [0.4, 0.5) is 0 Å². The Balaban J connectivity index is 1.70. The van der Waals surface area contributed by atoms with Crippen molar-refractivity contribution >= 4 is 11.8 Å². The number of nitrogens with zero attached hydrogens (tertiary/aromatic N) is 1. The van der Waals surface area contributed by atoms with Gasteiger partial charge in [-0.15, -0.1) is 0 Å². The Hall–Kier alpha value is -2.76. The number of carbonyl (C=O) groups is 2. The third kappa shape index (κ3) is 3.90. The summed E-state index contributed by atoms with van der Waals surface area (Å²) >= 11 is 0. The Morgan fingerprint density at radius 2 is 2.04 bits per heavy atom. The van der Waals surface area contributed by atoms with Crippen molar-refractivity contribution in [2.24, 2.45) is 0 Å². The number of amides is 2. The molecule has 1 aromatic heterocycles. The van der Waals surface area contributed by atoms with Crippen molar-refractivity contribution in [1.82, 2.24) is 10.2 Å². The fourth-order valence-electron chi connectivity index (χ4n) is 3.30. The second kappa shape index (κ2) is 7.64. The first-order valence-corrected chi connectivity index (χ1v) is 8.89. The highest BCUT2D eigenvalue weighted by Crippen LogP contribution is 2.20. The minimum Gasteiger partial charge on any atom is -0.508 e. The van der Waals surface area contributed by atoms with Gasteiger partial charge in [0.25, 0.3) is 11.8 Å². The zero-order chi connectivity index (χ0) is 18.7. The van der Waals surface area contributed by atoms with Crippen LogP contribution in [0.2, 0.25) is 0 Å². The molecule has 6 heteroatoms. The van der Waals surface area contributed by atoms with E-state index in [0.717, 1.165) is 19.3 Å². The number of phenolic OH excluding ortho intramolecular Hbond substituents is 1. The molecule has 138 valence electrons. The maximum absolute atomic E-state index is 12.8. The van der Waals surface area contributed by atoms with Crippen LogP contribution in [0.1, 0.15) is 51.3 Å². The molecule has 2 aromatic rings. The van der Waals surface area contributed by atoms with E-state index >= 15 is 0 Å². The maximum Gasteiger partial charge on any atom is 0.255 e. The summed E-state index contributed by atoms with van der Waals surface area (Å²) in [5.41, 5.74) is 1.75. The largest absolute Gasteiger partial charge is 0.508 e. The number of aryl methyl sites for hydroxylation is 2. The second-order valence-corrected chi connectivity index (χ2v) is 6.81. The summed E-state index contributed by atoms with van der Waals surface area (Å²) in [5.74, 6) is 0.520. The number of hydrogen-bond donors (Lipinski definition) is 2. The summed E-state index contributed by atoms with van der Waals surface area (Å²) in [6.45, 7) is 4.66. The highest BCUT2D eigenvalue weighted by molar-refractivity contribution is 5.96. The molecule has 0 bridgehead atoms. The predicted octanol–water partition coefficient (Wildman–Crippen LogP) is 3.03. The monoisotopic (exact) mass is 356 g/mol. The molecule has 1 aromatic carbocycles. The second-order valence-electron chi connectivity index (χ2n) is 6.81. The van der Waals surface area contributed by atoms with Crippen LogP contribution in [0, 0.1) is 13.8 Å². The molecule has 1 saturated heterocycles. The quantitative estimate of drug-likeness (QED) is 0.885. The van der Waals surface area contributed by atoms with Crippen LogP contribution in [0.5, 0.6) is 5.75 Å². The molecule has 3 rings (SSSR count). The molecular weight excluding hydrogens is 332 g/mol. The third-order valence-corrected chi connectivity index (χ3v) is 4.84. The number of furan rings is 1. The summed E-state index contributed by atoms with van der Waals surface area (Å²) in [4.78, 5) is 27.1. The number of aromatic hydroxyl groups is 1. The number of benzene rings is 1. The van der Waals surface area contributed by atoms with Crippen molar-refractivity contribution in [1.29, 1.82) is 0 Å². The van der Waals surface area contributed by atoms with E-state index in [9.17, 15) is 14.7 Å². The van der Waals surface area contributed by atoms with E-state index in [0.29, 0.717) is 35.5 Å². The van der Waals surface area contributed by atoms with Crippen LogP contribution in [0.25, 0.3) is 0 Å². The normalized spacial score (nSPS) is 17.6. The Morgan fingerprint density at radius 1 is 1.23 bits per heavy atom. The Labute approximate surface area is 152 Å². The van der Waals surface area contributed by atoms with Crippen LogP contribution < -0.4 is 5.32 Å². The lowest BCUT2D eigenvalue weighted by atomic mass is 10.1. The highest BCUT2D eigenvalue weighted by Gasteiger charge is 2.25. The molecule has 1 aliphatic rings. The molecule has 1 atom stereocenters. The molecule has 0 saturated carbocycles. The topological polar surface area (TPSA) is 82.8 Å². The molecule has 26 heavy (non-hydrogen) atoms. The van der Waals surface area contributed by atoms with E-state index in [1.807, 2.05) is 0 Å². The number of phenols is 1. The molecule has 2 N–H and O–H groups in total. The third-order valence-electron chi connectivity index (χ3n) is 4.84. The number of likely N-dealkylation sites (tertiary alicyclic amines) is 1. The van der Waals surface area contributed by atoms with Crippen LogP contribution in [-0.2, 0) is 0 Å². The fraction of sp³-hybridized carbons (Fsp3) is 0.400. The summed E-state index contributed by atoms with van der Waals surface area (Å²) < 4.78 is 5.19. The first kappa shape index (κ1) is 18.0. The molecule has 1 aliphatic heterocycles. The van der Waals surface area contributed by atoms with Gasteiger partial charge in [-0.25, -0.2) is 0 Å². The summed E-state index contributed by atoms with van der Waals surface area (Å²) in [5, 5.41) is 12.7. The zero-order valence-corrected chi connectivity index (χ0v) is 15.1. The van der Waals surface area contributed by atoms with E-state index in [4.69, 9.17) is 4.42 Å². The Bertz CT molecular complexity index is 812. The van der Waals surface area contributed by atoms with E-state index in [1.54, 1.807) is 43.0 Å². The minimum absolute atomic E-state index is 0.0752. The molecule has 0 aliphatic carbocycles. The average Bonchev–Trinajstić information content (AvgIpc) is 2.91. The molecule has 0 spiro atoms. The van der Waals surface area contributed by atoms with Gasteiger partial charge < -0.3 is 19.7 Å². The Morgan fingerprint density at radius 3 is 2.73 bits per heavy atom. The molecule has 0 unspecified atom stereocenters. The van der Waals surface area contributed by atoms with Crippen molar-refractivity contribution in [3.8, 4) is 5.75 Å². The first-order valence-electron chi connectivity index (χ1n) is 8.89. The van der Waals surface area contributed by atoms with Crippen LogP contribution in [0.15, 0.2) is 34.9 Å². The van der Waals surface area contributed by atoms with Gasteiger partial charge in [0, 0.05) is 24.7 Å². The SMILES string of the molecule is Cc1cc(C(=O)N2CCCC[C@H](NC(=O)c3ccoc3C)C2)ccc1O. The highest BCUT2D eigenvalue weighted by atomic mass is 16.3. The van der Waals surface area contributed by atoms with E-state index in [1.165, 1.54) is 6.26 Å². The van der Waals surface area contributed by atoms with Crippen molar-refractivity contribution in [2.45, 2.75) is 39.2 Å².